The maximum Gasteiger partial charge on any atom is 0.326 e. The van der Waals surface area contributed by atoms with Crippen LogP contribution in [-0.4, -0.2) is 45.0 Å². The van der Waals surface area contributed by atoms with Crippen LogP contribution in [0.3, 0.4) is 0 Å². The molecule has 1 aromatic rings. The molecule has 2 unspecified atom stereocenters. The van der Waals surface area contributed by atoms with Crippen molar-refractivity contribution in [1.82, 2.24) is 4.90 Å². The van der Waals surface area contributed by atoms with E-state index in [0.29, 0.717) is 23.0 Å². The molecule has 32 heavy (non-hydrogen) atoms. The Morgan fingerprint density at radius 2 is 1.91 bits per heavy atom. The molecule has 1 aromatic carbocycles. The number of carboxylic acid groups (broad SMARTS) is 1. The van der Waals surface area contributed by atoms with Crippen molar-refractivity contribution < 1.29 is 24.2 Å². The van der Waals surface area contributed by atoms with E-state index in [1.54, 1.807) is 6.08 Å². The fourth-order valence-electron chi connectivity index (χ4n) is 3.37. The SMILES string of the molecule is CCCCCCCC(C)Oc1ccc(/C=C2/SC(=S)N(C(C)C(=O)O)C2=O)cc1OCC. The van der Waals surface area contributed by atoms with Crippen molar-refractivity contribution in [2.45, 2.75) is 78.4 Å². The molecular weight excluding hydrogens is 446 g/mol. The van der Waals surface area contributed by atoms with Crippen molar-refractivity contribution in [3.8, 4) is 11.5 Å². The first-order valence-corrected chi connectivity index (χ1v) is 12.4. The predicted molar refractivity (Wildman–Crippen MR) is 133 cm³/mol. The summed E-state index contributed by atoms with van der Waals surface area (Å²) in [6.07, 6.45) is 8.91. The summed E-state index contributed by atoms with van der Waals surface area (Å²) in [6.45, 7) is 8.12. The molecule has 2 rings (SSSR count). The third-order valence-electron chi connectivity index (χ3n) is 5.18. The monoisotopic (exact) mass is 479 g/mol. The second kappa shape index (κ2) is 12.8. The average molecular weight is 480 g/mol. The van der Waals surface area contributed by atoms with Crippen LogP contribution in [0, 0.1) is 0 Å². The topological polar surface area (TPSA) is 76.1 Å². The lowest BCUT2D eigenvalue weighted by molar-refractivity contribution is -0.144. The Labute approximate surface area is 200 Å². The van der Waals surface area contributed by atoms with Gasteiger partial charge in [-0.1, -0.05) is 62.7 Å². The minimum absolute atomic E-state index is 0.0791. The summed E-state index contributed by atoms with van der Waals surface area (Å²) in [5, 5.41) is 9.23. The Kier molecular flexibility index (Phi) is 10.5. The number of ether oxygens (including phenoxy) is 2. The number of thiocarbonyl (C=S) groups is 1. The highest BCUT2D eigenvalue weighted by Gasteiger charge is 2.38. The summed E-state index contributed by atoms with van der Waals surface area (Å²) in [5.74, 6) is -0.197. The Hall–Kier alpha value is -2.06. The van der Waals surface area contributed by atoms with E-state index < -0.39 is 17.9 Å². The number of aliphatic carboxylic acids is 1. The van der Waals surface area contributed by atoms with Gasteiger partial charge in [0.2, 0.25) is 0 Å². The van der Waals surface area contributed by atoms with Gasteiger partial charge >= 0.3 is 5.97 Å². The van der Waals surface area contributed by atoms with Crippen molar-refractivity contribution in [2.75, 3.05) is 6.61 Å². The molecule has 176 valence electrons. The van der Waals surface area contributed by atoms with E-state index >= 15 is 0 Å². The van der Waals surface area contributed by atoms with Crippen molar-refractivity contribution >= 4 is 46.3 Å². The second-order valence-electron chi connectivity index (χ2n) is 7.84. The second-order valence-corrected chi connectivity index (χ2v) is 9.51. The van der Waals surface area contributed by atoms with E-state index in [9.17, 15) is 14.7 Å². The molecule has 0 radical (unpaired) electrons. The number of benzene rings is 1. The lowest BCUT2D eigenvalue weighted by atomic mass is 10.1. The average Bonchev–Trinajstić information content (AvgIpc) is 3.02. The minimum atomic E-state index is -1.10. The normalized spacial score (nSPS) is 17.0. The fraction of sp³-hybridized carbons (Fsp3) is 0.542. The number of nitrogens with zero attached hydrogens (tertiary/aromatic N) is 1. The van der Waals surface area contributed by atoms with Crippen LogP contribution in [0.15, 0.2) is 23.1 Å². The molecule has 8 heteroatoms. The minimum Gasteiger partial charge on any atom is -0.490 e. The molecule has 1 amide bonds. The van der Waals surface area contributed by atoms with E-state index in [-0.39, 0.29) is 10.4 Å². The number of rotatable bonds is 13. The first-order valence-electron chi connectivity index (χ1n) is 11.2. The molecule has 1 N–H and O–H groups in total. The number of hydrogen-bond donors (Lipinski definition) is 1. The largest absolute Gasteiger partial charge is 0.490 e. The summed E-state index contributed by atoms with van der Waals surface area (Å²) < 4.78 is 12.2. The highest BCUT2D eigenvalue weighted by atomic mass is 32.2. The third kappa shape index (κ3) is 7.24. The number of hydrogen-bond acceptors (Lipinski definition) is 6. The molecule has 0 spiro atoms. The maximum atomic E-state index is 12.7. The summed E-state index contributed by atoms with van der Waals surface area (Å²) in [6, 6.07) is 4.54. The van der Waals surface area contributed by atoms with Gasteiger partial charge in [0.15, 0.2) is 11.5 Å². The molecule has 1 aliphatic heterocycles. The zero-order valence-electron chi connectivity index (χ0n) is 19.3. The number of unbranched alkanes of at least 4 members (excludes halogenated alkanes) is 4. The van der Waals surface area contributed by atoms with Gasteiger partial charge < -0.3 is 14.6 Å². The summed E-state index contributed by atoms with van der Waals surface area (Å²) in [7, 11) is 0. The standard InChI is InChI=1S/C24H33NO5S2/c1-5-7-8-9-10-11-16(3)30-19-13-12-18(14-20(19)29-6-2)15-21-22(26)25(24(31)32-21)17(4)23(27)28/h12-17H,5-11H2,1-4H3,(H,27,28)/b21-15+. The molecule has 1 fully saturated rings. The van der Waals surface area contributed by atoms with Gasteiger partial charge in [-0.2, -0.15) is 0 Å². The van der Waals surface area contributed by atoms with Crippen LogP contribution in [0.1, 0.15) is 71.8 Å². The van der Waals surface area contributed by atoms with Gasteiger partial charge in [0.1, 0.15) is 10.4 Å². The Morgan fingerprint density at radius 3 is 2.56 bits per heavy atom. The third-order valence-corrected chi connectivity index (χ3v) is 6.51. The van der Waals surface area contributed by atoms with E-state index in [0.717, 1.165) is 35.1 Å². The van der Waals surface area contributed by atoms with E-state index in [4.69, 9.17) is 21.7 Å². The van der Waals surface area contributed by atoms with Crippen LogP contribution in [0.2, 0.25) is 0 Å². The molecule has 0 saturated carbocycles. The van der Waals surface area contributed by atoms with Crippen molar-refractivity contribution in [3.63, 3.8) is 0 Å². The van der Waals surface area contributed by atoms with Crippen molar-refractivity contribution in [3.05, 3.63) is 28.7 Å². The van der Waals surface area contributed by atoms with Crippen LogP contribution < -0.4 is 9.47 Å². The number of carbonyl (C=O) groups is 2. The van der Waals surface area contributed by atoms with Gasteiger partial charge in [-0.3, -0.25) is 9.69 Å². The summed E-state index contributed by atoms with van der Waals surface area (Å²) in [4.78, 5) is 25.5. The van der Waals surface area contributed by atoms with E-state index in [1.165, 1.54) is 32.6 Å². The van der Waals surface area contributed by atoms with Crippen LogP contribution in [0.4, 0.5) is 0 Å². The Morgan fingerprint density at radius 1 is 1.19 bits per heavy atom. The molecular formula is C24H33NO5S2. The molecule has 1 aliphatic rings. The highest BCUT2D eigenvalue weighted by Crippen LogP contribution is 2.36. The fourth-order valence-corrected chi connectivity index (χ4v) is 4.79. The maximum absolute atomic E-state index is 12.7. The van der Waals surface area contributed by atoms with Crippen molar-refractivity contribution in [1.29, 1.82) is 0 Å². The number of amides is 1. The van der Waals surface area contributed by atoms with Gasteiger partial charge in [-0.25, -0.2) is 4.79 Å². The zero-order valence-corrected chi connectivity index (χ0v) is 20.9. The van der Waals surface area contributed by atoms with Gasteiger partial charge in [0.05, 0.1) is 17.6 Å². The molecule has 2 atom stereocenters. The number of carbonyl (C=O) groups excluding carboxylic acids is 1. The Bertz CT molecular complexity index is 855. The lowest BCUT2D eigenvalue weighted by Gasteiger charge is -2.19. The first kappa shape index (κ1) is 26.2. The predicted octanol–water partition coefficient (Wildman–Crippen LogP) is 5.89. The zero-order chi connectivity index (χ0) is 23.7. The van der Waals surface area contributed by atoms with Gasteiger partial charge in [0.25, 0.3) is 5.91 Å². The lowest BCUT2D eigenvalue weighted by Crippen LogP contribution is -2.41. The van der Waals surface area contributed by atoms with Crippen LogP contribution in [0.5, 0.6) is 11.5 Å². The first-order chi connectivity index (χ1) is 15.3. The van der Waals surface area contributed by atoms with Gasteiger partial charge in [-0.05, 0) is 57.4 Å². The molecule has 1 saturated heterocycles. The molecule has 1 heterocycles. The van der Waals surface area contributed by atoms with Crippen LogP contribution >= 0.6 is 24.0 Å². The van der Waals surface area contributed by atoms with Crippen LogP contribution in [0.25, 0.3) is 6.08 Å². The highest BCUT2D eigenvalue weighted by molar-refractivity contribution is 8.26. The molecule has 0 aliphatic carbocycles. The van der Waals surface area contributed by atoms with E-state index in [2.05, 4.69) is 13.8 Å². The van der Waals surface area contributed by atoms with Crippen molar-refractivity contribution in [2.24, 2.45) is 0 Å². The molecule has 6 nitrogen and oxygen atoms in total. The van der Waals surface area contributed by atoms with Gasteiger partial charge in [-0.15, -0.1) is 0 Å². The Balaban J connectivity index is 2.11. The summed E-state index contributed by atoms with van der Waals surface area (Å²) >= 11 is 6.32. The smallest absolute Gasteiger partial charge is 0.326 e. The summed E-state index contributed by atoms with van der Waals surface area (Å²) in [5.41, 5.74) is 0.761. The molecule has 0 bridgehead atoms. The van der Waals surface area contributed by atoms with Crippen LogP contribution in [-0.2, 0) is 9.59 Å². The number of carboxylic acids is 1. The van der Waals surface area contributed by atoms with E-state index in [1.807, 2.05) is 25.1 Å². The number of thioether (sulfide) groups is 1. The quantitative estimate of drug-likeness (QED) is 0.215. The van der Waals surface area contributed by atoms with Gasteiger partial charge in [0, 0.05) is 0 Å². The molecule has 0 aromatic heterocycles.